The van der Waals surface area contributed by atoms with Gasteiger partial charge in [-0.25, -0.2) is 0 Å². The second-order valence-corrected chi connectivity index (χ2v) is 4.86. The average Bonchev–Trinajstić information content (AvgIpc) is 2.75. The molecule has 0 radical (unpaired) electrons. The first-order valence-electron chi connectivity index (χ1n) is 5.36. The lowest BCUT2D eigenvalue weighted by atomic mass is 10.1. The van der Waals surface area contributed by atoms with Crippen LogP contribution in [0.5, 0.6) is 0 Å². The van der Waals surface area contributed by atoms with Crippen LogP contribution in [-0.4, -0.2) is 25.0 Å². The maximum atomic E-state index is 8.85. The summed E-state index contributed by atoms with van der Waals surface area (Å²) < 4.78 is 0. The lowest BCUT2D eigenvalue weighted by Crippen LogP contribution is -2.26. The summed E-state index contributed by atoms with van der Waals surface area (Å²) in [5, 5.41) is 11.0. The number of thiophene rings is 1. The van der Waals surface area contributed by atoms with E-state index in [1.165, 1.54) is 4.88 Å². The van der Waals surface area contributed by atoms with E-state index in [2.05, 4.69) is 42.5 Å². The summed E-state index contributed by atoms with van der Waals surface area (Å²) in [5.74, 6) is 0.179. The van der Waals surface area contributed by atoms with Gasteiger partial charge in [0.2, 0.25) is 0 Å². The van der Waals surface area contributed by atoms with Gasteiger partial charge in [-0.05, 0) is 31.3 Å². The maximum Gasteiger partial charge on any atom is 0.0669 e. The molecule has 0 fully saturated rings. The molecule has 0 N–H and O–H groups in total. The van der Waals surface area contributed by atoms with E-state index in [0.29, 0.717) is 0 Å². The van der Waals surface area contributed by atoms with Gasteiger partial charge in [-0.1, -0.05) is 13.0 Å². The lowest BCUT2D eigenvalue weighted by Gasteiger charge is -2.18. The van der Waals surface area contributed by atoms with Gasteiger partial charge in [-0.3, -0.25) is 0 Å². The van der Waals surface area contributed by atoms with Gasteiger partial charge in [0.1, 0.15) is 0 Å². The van der Waals surface area contributed by atoms with Gasteiger partial charge in [0, 0.05) is 18.0 Å². The summed E-state index contributed by atoms with van der Waals surface area (Å²) in [4.78, 5) is 3.67. The van der Waals surface area contributed by atoms with E-state index < -0.39 is 0 Å². The van der Waals surface area contributed by atoms with Crippen molar-refractivity contribution in [3.8, 4) is 6.07 Å². The van der Waals surface area contributed by atoms with Crippen LogP contribution in [0.4, 0.5) is 0 Å². The molecule has 1 aromatic heterocycles. The molecule has 2 nitrogen and oxygen atoms in total. The van der Waals surface area contributed by atoms with Crippen molar-refractivity contribution in [2.45, 2.75) is 19.8 Å². The Hall–Kier alpha value is -0.850. The van der Waals surface area contributed by atoms with Crippen LogP contribution < -0.4 is 0 Å². The third kappa shape index (κ3) is 4.46. The highest BCUT2D eigenvalue weighted by Gasteiger charge is 2.08. The molecule has 1 atom stereocenters. The van der Waals surface area contributed by atoms with Crippen molar-refractivity contribution in [3.05, 3.63) is 22.4 Å². The maximum absolute atomic E-state index is 8.85. The van der Waals surface area contributed by atoms with Gasteiger partial charge < -0.3 is 4.90 Å². The molecule has 82 valence electrons. The zero-order valence-corrected chi connectivity index (χ0v) is 10.3. The first-order chi connectivity index (χ1) is 7.26. The molecule has 0 amide bonds. The Morgan fingerprint density at radius 2 is 2.40 bits per heavy atom. The standard InChI is InChI=1S/C12H18N2S/c1-3-11(9-13)10-14(2)7-6-12-5-4-8-15-12/h4-5,8,11H,3,6-7,10H2,1-2H3. The molecule has 3 heteroatoms. The van der Waals surface area contributed by atoms with E-state index in [4.69, 9.17) is 5.26 Å². The molecule has 1 aromatic rings. The van der Waals surface area contributed by atoms with Crippen LogP contribution in [0.1, 0.15) is 18.2 Å². The van der Waals surface area contributed by atoms with Crippen molar-refractivity contribution in [2.75, 3.05) is 20.1 Å². The fourth-order valence-electron chi connectivity index (χ4n) is 1.48. The molecule has 15 heavy (non-hydrogen) atoms. The third-order valence-electron chi connectivity index (χ3n) is 2.53. The number of nitriles is 1. The van der Waals surface area contributed by atoms with Crippen LogP contribution in [0.3, 0.4) is 0 Å². The Kier molecular flexibility index (Phi) is 5.38. The number of likely N-dealkylation sites (N-methyl/N-ethyl adjacent to an activating group) is 1. The van der Waals surface area contributed by atoms with E-state index in [1.54, 1.807) is 11.3 Å². The Balaban J connectivity index is 2.24. The highest BCUT2D eigenvalue weighted by atomic mass is 32.1. The molecule has 1 unspecified atom stereocenters. The van der Waals surface area contributed by atoms with Gasteiger partial charge in [-0.15, -0.1) is 11.3 Å². The molecule has 1 heterocycles. The zero-order valence-electron chi connectivity index (χ0n) is 9.44. The van der Waals surface area contributed by atoms with Crippen molar-refractivity contribution in [3.63, 3.8) is 0 Å². The van der Waals surface area contributed by atoms with Crippen LogP contribution in [0, 0.1) is 17.2 Å². The highest BCUT2D eigenvalue weighted by Crippen LogP contribution is 2.10. The van der Waals surface area contributed by atoms with E-state index in [9.17, 15) is 0 Å². The fraction of sp³-hybridized carbons (Fsp3) is 0.583. The SMILES string of the molecule is CCC(C#N)CN(C)CCc1cccs1. The van der Waals surface area contributed by atoms with Crippen molar-refractivity contribution in [1.82, 2.24) is 4.90 Å². The number of nitrogens with zero attached hydrogens (tertiary/aromatic N) is 2. The Bertz CT molecular complexity index is 300. The van der Waals surface area contributed by atoms with Crippen molar-refractivity contribution < 1.29 is 0 Å². The molecule has 0 aliphatic heterocycles. The average molecular weight is 222 g/mol. The minimum Gasteiger partial charge on any atom is -0.305 e. The molecule has 0 saturated carbocycles. The molecule has 0 bridgehead atoms. The van der Waals surface area contributed by atoms with Crippen LogP contribution in [0.25, 0.3) is 0 Å². The normalized spacial score (nSPS) is 12.7. The van der Waals surface area contributed by atoms with Crippen LogP contribution in [0.2, 0.25) is 0 Å². The predicted octanol–water partition coefficient (Wildman–Crippen LogP) is 2.77. The number of hydrogen-bond donors (Lipinski definition) is 0. The monoisotopic (exact) mass is 222 g/mol. The second kappa shape index (κ2) is 6.60. The van der Waals surface area contributed by atoms with Crippen molar-refractivity contribution in [1.29, 1.82) is 5.26 Å². The molecular weight excluding hydrogens is 204 g/mol. The van der Waals surface area contributed by atoms with Gasteiger partial charge in [-0.2, -0.15) is 5.26 Å². The first-order valence-corrected chi connectivity index (χ1v) is 6.24. The minimum absolute atomic E-state index is 0.179. The molecule has 0 aromatic carbocycles. The number of rotatable bonds is 6. The molecular formula is C12H18N2S. The smallest absolute Gasteiger partial charge is 0.0669 e. The van der Waals surface area contributed by atoms with E-state index in [1.807, 2.05) is 0 Å². The van der Waals surface area contributed by atoms with Crippen molar-refractivity contribution >= 4 is 11.3 Å². The summed E-state index contributed by atoms with van der Waals surface area (Å²) >= 11 is 1.80. The topological polar surface area (TPSA) is 27.0 Å². The van der Waals surface area contributed by atoms with E-state index in [0.717, 1.165) is 25.9 Å². The van der Waals surface area contributed by atoms with Gasteiger partial charge in [0.25, 0.3) is 0 Å². The number of hydrogen-bond acceptors (Lipinski definition) is 3. The summed E-state index contributed by atoms with van der Waals surface area (Å²) in [6.45, 7) is 4.00. The van der Waals surface area contributed by atoms with Crippen LogP contribution >= 0.6 is 11.3 Å². The molecule has 0 saturated heterocycles. The summed E-state index contributed by atoms with van der Waals surface area (Å²) in [6, 6.07) is 6.59. The van der Waals surface area contributed by atoms with E-state index in [-0.39, 0.29) is 5.92 Å². The summed E-state index contributed by atoms with van der Waals surface area (Å²) in [6.07, 6.45) is 2.04. The van der Waals surface area contributed by atoms with Gasteiger partial charge in [0.15, 0.2) is 0 Å². The van der Waals surface area contributed by atoms with Crippen molar-refractivity contribution in [2.24, 2.45) is 5.92 Å². The second-order valence-electron chi connectivity index (χ2n) is 3.83. The Morgan fingerprint density at radius 1 is 1.60 bits per heavy atom. The van der Waals surface area contributed by atoms with Crippen LogP contribution in [-0.2, 0) is 6.42 Å². The molecule has 0 aliphatic rings. The first kappa shape index (κ1) is 12.2. The molecule has 1 rings (SSSR count). The fourth-order valence-corrected chi connectivity index (χ4v) is 2.18. The molecule has 0 aliphatic carbocycles. The van der Waals surface area contributed by atoms with Crippen LogP contribution in [0.15, 0.2) is 17.5 Å². The summed E-state index contributed by atoms with van der Waals surface area (Å²) in [5.41, 5.74) is 0. The zero-order chi connectivity index (χ0) is 11.1. The summed E-state index contributed by atoms with van der Waals surface area (Å²) in [7, 11) is 2.09. The largest absolute Gasteiger partial charge is 0.305 e. The Labute approximate surface area is 96.1 Å². The highest BCUT2D eigenvalue weighted by molar-refractivity contribution is 7.09. The lowest BCUT2D eigenvalue weighted by molar-refractivity contribution is 0.304. The molecule has 0 spiro atoms. The predicted molar refractivity (Wildman–Crippen MR) is 64.9 cm³/mol. The van der Waals surface area contributed by atoms with Gasteiger partial charge >= 0.3 is 0 Å². The third-order valence-corrected chi connectivity index (χ3v) is 3.46. The minimum atomic E-state index is 0.179. The Morgan fingerprint density at radius 3 is 2.93 bits per heavy atom. The quantitative estimate of drug-likeness (QED) is 0.740. The van der Waals surface area contributed by atoms with Gasteiger partial charge in [0.05, 0.1) is 12.0 Å². The van der Waals surface area contributed by atoms with E-state index >= 15 is 0 Å².